The van der Waals surface area contributed by atoms with Crippen LogP contribution in [0.15, 0.2) is 60.7 Å². The summed E-state index contributed by atoms with van der Waals surface area (Å²) in [7, 11) is 0. The van der Waals surface area contributed by atoms with E-state index in [4.69, 9.17) is 21.0 Å². The van der Waals surface area contributed by atoms with Crippen LogP contribution in [0.5, 0.6) is 11.6 Å². The Morgan fingerprint density at radius 2 is 1.76 bits per heavy atom. The predicted molar refractivity (Wildman–Crippen MR) is 135 cm³/mol. The van der Waals surface area contributed by atoms with Gasteiger partial charge in [0.25, 0.3) is 0 Å². The molecule has 0 saturated carbocycles. The molecule has 0 aliphatic carbocycles. The summed E-state index contributed by atoms with van der Waals surface area (Å²) in [5, 5.41) is 15.5. The van der Waals surface area contributed by atoms with Crippen LogP contribution in [0.25, 0.3) is 5.69 Å². The lowest BCUT2D eigenvalue weighted by Crippen LogP contribution is -2.40. The number of aromatic nitrogens is 2. The van der Waals surface area contributed by atoms with Gasteiger partial charge in [-0.2, -0.15) is 5.10 Å². The smallest absolute Gasteiger partial charge is 0.227 e. The third-order valence-corrected chi connectivity index (χ3v) is 5.83. The summed E-state index contributed by atoms with van der Waals surface area (Å²) in [6.07, 6.45) is 6.33. The number of nitrogens with zero attached hydrogens (tertiary/aromatic N) is 3. The van der Waals surface area contributed by atoms with E-state index in [9.17, 15) is 5.11 Å². The number of rotatable bonds is 13. The van der Waals surface area contributed by atoms with Gasteiger partial charge >= 0.3 is 0 Å². The summed E-state index contributed by atoms with van der Waals surface area (Å²) in [6, 6.07) is 20.0. The van der Waals surface area contributed by atoms with Crippen LogP contribution in [-0.2, 0) is 17.7 Å². The molecule has 180 valence electrons. The maximum Gasteiger partial charge on any atom is 0.227 e. The molecule has 6 heteroatoms. The average molecular weight is 462 g/mol. The highest BCUT2D eigenvalue weighted by Crippen LogP contribution is 2.32. The quantitative estimate of drug-likeness (QED) is 0.292. The largest absolute Gasteiger partial charge is 0.439 e. The number of hydrogen-bond acceptors (Lipinski definition) is 5. The van der Waals surface area contributed by atoms with Crippen LogP contribution in [0.4, 0.5) is 0 Å². The van der Waals surface area contributed by atoms with Gasteiger partial charge in [0.15, 0.2) is 0 Å². The Balaban J connectivity index is 1.98. The Morgan fingerprint density at radius 3 is 2.38 bits per heavy atom. The van der Waals surface area contributed by atoms with Crippen LogP contribution in [0.1, 0.15) is 38.4 Å². The fraction of sp³-hybridized carbons (Fsp3) is 0.393. The van der Waals surface area contributed by atoms with Crippen LogP contribution in [-0.4, -0.2) is 51.7 Å². The molecule has 0 radical (unpaired) electrons. The SMILES string of the molecule is C#CCOCC(O)CN(Cc1c(CC)nn(-c2ccccc2)c1Oc1ccccc1)C(C)CC. The van der Waals surface area contributed by atoms with Gasteiger partial charge in [-0.25, -0.2) is 4.68 Å². The number of ether oxygens (including phenoxy) is 2. The molecule has 2 unspecified atom stereocenters. The summed E-state index contributed by atoms with van der Waals surface area (Å²) in [6.45, 7) is 7.87. The van der Waals surface area contributed by atoms with E-state index in [2.05, 4.69) is 31.6 Å². The van der Waals surface area contributed by atoms with Crippen molar-refractivity contribution in [3.05, 3.63) is 71.9 Å². The summed E-state index contributed by atoms with van der Waals surface area (Å²) in [5.41, 5.74) is 2.93. The molecule has 6 nitrogen and oxygen atoms in total. The Morgan fingerprint density at radius 1 is 1.09 bits per heavy atom. The molecule has 2 aromatic carbocycles. The van der Waals surface area contributed by atoms with E-state index in [0.29, 0.717) is 19.0 Å². The summed E-state index contributed by atoms with van der Waals surface area (Å²) in [5.74, 6) is 3.89. The highest BCUT2D eigenvalue weighted by molar-refractivity contribution is 5.43. The lowest BCUT2D eigenvalue weighted by atomic mass is 10.1. The highest BCUT2D eigenvalue weighted by atomic mass is 16.5. The average Bonchev–Trinajstić information content (AvgIpc) is 3.21. The second-order valence-corrected chi connectivity index (χ2v) is 8.31. The van der Waals surface area contributed by atoms with Crippen molar-refractivity contribution >= 4 is 0 Å². The number of hydrogen-bond donors (Lipinski definition) is 1. The number of aryl methyl sites for hydroxylation is 1. The Hall–Kier alpha value is -3.11. The molecule has 1 N–H and O–H groups in total. The van der Waals surface area contributed by atoms with Crippen LogP contribution >= 0.6 is 0 Å². The Kier molecular flexibility index (Phi) is 9.72. The molecule has 0 fully saturated rings. The molecule has 0 aliphatic rings. The van der Waals surface area contributed by atoms with Crippen molar-refractivity contribution in [3.8, 4) is 29.7 Å². The van der Waals surface area contributed by atoms with E-state index in [1.54, 1.807) is 0 Å². The number of benzene rings is 2. The van der Waals surface area contributed by atoms with Crippen molar-refractivity contribution in [2.45, 2.75) is 52.3 Å². The second kappa shape index (κ2) is 13.0. The number of terminal acetylenes is 1. The first-order chi connectivity index (χ1) is 16.6. The van der Waals surface area contributed by atoms with Crippen molar-refractivity contribution in [2.75, 3.05) is 19.8 Å². The molecule has 1 aromatic heterocycles. The van der Waals surface area contributed by atoms with Crippen LogP contribution in [0.3, 0.4) is 0 Å². The third-order valence-electron chi connectivity index (χ3n) is 5.83. The zero-order valence-electron chi connectivity index (χ0n) is 20.4. The normalized spacial score (nSPS) is 12.9. The Labute approximate surface area is 203 Å². The molecule has 2 atom stereocenters. The van der Waals surface area contributed by atoms with E-state index in [-0.39, 0.29) is 19.3 Å². The molecule has 0 spiro atoms. The number of aliphatic hydroxyl groups excluding tert-OH is 1. The third kappa shape index (κ3) is 6.71. The topological polar surface area (TPSA) is 59.8 Å². The van der Waals surface area contributed by atoms with E-state index < -0.39 is 6.10 Å². The minimum Gasteiger partial charge on any atom is -0.439 e. The molecule has 3 rings (SSSR count). The monoisotopic (exact) mass is 461 g/mol. The molecule has 0 bridgehead atoms. The first kappa shape index (κ1) is 25.5. The maximum absolute atomic E-state index is 10.6. The highest BCUT2D eigenvalue weighted by Gasteiger charge is 2.25. The minimum atomic E-state index is -0.643. The molecule has 34 heavy (non-hydrogen) atoms. The Bertz CT molecular complexity index is 1040. The fourth-order valence-electron chi connectivity index (χ4n) is 3.81. The maximum atomic E-state index is 10.6. The summed E-state index contributed by atoms with van der Waals surface area (Å²) in [4.78, 5) is 2.26. The number of para-hydroxylation sites is 2. The van der Waals surface area contributed by atoms with Crippen LogP contribution in [0, 0.1) is 12.3 Å². The molecule has 1 heterocycles. The molecular weight excluding hydrogens is 426 g/mol. The van der Waals surface area contributed by atoms with Gasteiger partial charge in [0, 0.05) is 19.1 Å². The lowest BCUT2D eigenvalue weighted by molar-refractivity contribution is 0.0168. The van der Waals surface area contributed by atoms with E-state index in [0.717, 1.165) is 35.5 Å². The van der Waals surface area contributed by atoms with Crippen molar-refractivity contribution in [3.63, 3.8) is 0 Å². The molecule has 3 aromatic rings. The predicted octanol–water partition coefficient (Wildman–Crippen LogP) is 4.84. The van der Waals surface area contributed by atoms with Gasteiger partial charge in [-0.3, -0.25) is 4.90 Å². The van der Waals surface area contributed by atoms with Crippen LogP contribution in [0.2, 0.25) is 0 Å². The first-order valence-corrected chi connectivity index (χ1v) is 11.9. The van der Waals surface area contributed by atoms with E-state index in [1.165, 1.54) is 0 Å². The molecule has 0 amide bonds. The van der Waals surface area contributed by atoms with Gasteiger partial charge < -0.3 is 14.6 Å². The van der Waals surface area contributed by atoms with Gasteiger partial charge in [-0.05, 0) is 44.0 Å². The van der Waals surface area contributed by atoms with E-state index >= 15 is 0 Å². The van der Waals surface area contributed by atoms with Gasteiger partial charge in [-0.15, -0.1) is 6.42 Å². The summed E-state index contributed by atoms with van der Waals surface area (Å²) >= 11 is 0. The van der Waals surface area contributed by atoms with Crippen molar-refractivity contribution in [1.29, 1.82) is 0 Å². The molecular formula is C28H35N3O3. The zero-order chi connectivity index (χ0) is 24.3. The van der Waals surface area contributed by atoms with Gasteiger partial charge in [0.05, 0.1) is 29.7 Å². The van der Waals surface area contributed by atoms with E-state index in [1.807, 2.05) is 65.3 Å². The van der Waals surface area contributed by atoms with Gasteiger partial charge in [0.2, 0.25) is 5.88 Å². The first-order valence-electron chi connectivity index (χ1n) is 11.9. The van der Waals surface area contributed by atoms with Crippen molar-refractivity contribution in [2.24, 2.45) is 0 Å². The lowest BCUT2D eigenvalue weighted by Gasteiger charge is -2.30. The minimum absolute atomic E-state index is 0.194. The fourth-order valence-corrected chi connectivity index (χ4v) is 3.81. The summed E-state index contributed by atoms with van der Waals surface area (Å²) < 4.78 is 13.7. The second-order valence-electron chi connectivity index (χ2n) is 8.31. The molecule has 0 aliphatic heterocycles. The zero-order valence-corrected chi connectivity index (χ0v) is 20.4. The molecule has 0 saturated heterocycles. The van der Waals surface area contributed by atoms with Crippen molar-refractivity contribution in [1.82, 2.24) is 14.7 Å². The standard InChI is InChI=1S/C28H35N3O3/c1-5-18-33-21-24(32)19-30(22(4)6-2)20-26-27(7-3)29-31(23-14-10-8-11-15-23)28(26)34-25-16-12-9-13-17-25/h1,8-17,22,24,32H,6-7,18-21H2,2-4H3. The van der Waals surface area contributed by atoms with Crippen molar-refractivity contribution < 1.29 is 14.6 Å². The van der Waals surface area contributed by atoms with Crippen LogP contribution < -0.4 is 4.74 Å². The van der Waals surface area contributed by atoms with Gasteiger partial charge in [-0.1, -0.05) is 56.2 Å². The van der Waals surface area contributed by atoms with Gasteiger partial charge in [0.1, 0.15) is 12.4 Å². The number of aliphatic hydroxyl groups is 1.